The van der Waals surface area contributed by atoms with E-state index in [1.165, 1.54) is 89.5 Å². The molecule has 5 rings (SSSR count). The number of hydrogen-bond acceptors (Lipinski definition) is 30. The standard InChI is InChI=1S/C73H129N3O31/c1-5-7-9-11-13-15-17-19-20-22-24-26-28-30-32-34-52(87)76-44(45(84)33-31-29-27-25-23-21-18-16-14-12-10-8-6-2)41-98-69-61(94)59(92)63(50(39-80)101-69)103-71-62(95)67(107-73(72(96)97)35-46(85)53(74-42(3)82)66(106-73)55(88)47(86)36-77)64(51(40-81)102-71)104-68-54(75-43(4)83)65(57(90)49(38-79)99-68)105-70-60(93)58(91)56(89)48(37-78)100-70/h19-20,31,33,44-51,53-71,77-81,84-86,88-95H,5-18,21-30,32,34-41H2,1-4H3,(H,74,82)(H,75,83)(H,76,87)(H,96,97)/b20-19-,33-31-/t44-,45+,46+,47+,48-,49-,50-,51-,53-,54-,55+,56+,57+,58+,59-,60-,61-,62-,63-,64+,65-,66+,67-,68+,69-,70+,71+,73+/m1/s1. The van der Waals surface area contributed by atoms with Gasteiger partial charge in [-0.2, -0.15) is 0 Å². The normalized spacial score (nSPS) is 34.7. The Labute approximate surface area is 627 Å². The van der Waals surface area contributed by atoms with E-state index in [1.54, 1.807) is 0 Å². The number of amides is 3. The zero-order valence-electron chi connectivity index (χ0n) is 62.6. The fourth-order valence-corrected chi connectivity index (χ4v) is 14.0. The van der Waals surface area contributed by atoms with E-state index in [9.17, 15) is 106 Å². The quantitative estimate of drug-likeness (QED) is 0.0249. The molecule has 0 aromatic heterocycles. The number of rotatable bonds is 51. The number of carbonyl (C=O) groups is 4. The number of nitrogens with one attached hydrogen (secondary N) is 3. The number of carboxylic acid groups (broad SMARTS) is 1. The molecule has 5 saturated heterocycles. The fraction of sp³-hybridized carbons (Fsp3) is 0.890. The topological polar surface area (TPSA) is 541 Å². The smallest absolute Gasteiger partial charge is 0.364 e. The van der Waals surface area contributed by atoms with Crippen LogP contribution >= 0.6 is 0 Å². The van der Waals surface area contributed by atoms with E-state index in [0.29, 0.717) is 12.8 Å². The van der Waals surface area contributed by atoms with Crippen LogP contribution in [0.15, 0.2) is 24.3 Å². The zero-order valence-corrected chi connectivity index (χ0v) is 62.6. The highest BCUT2D eigenvalue weighted by atomic mass is 16.8. The second-order valence-corrected chi connectivity index (χ2v) is 28.9. The number of ether oxygens (including phenoxy) is 10. The first kappa shape index (κ1) is 93.9. The average molecular weight is 1540 g/mol. The lowest BCUT2D eigenvalue weighted by Gasteiger charge is -2.52. The van der Waals surface area contributed by atoms with Crippen molar-refractivity contribution in [1.29, 1.82) is 0 Å². The number of allylic oxidation sites excluding steroid dienone is 3. The molecule has 34 nitrogen and oxygen atoms in total. The van der Waals surface area contributed by atoms with Gasteiger partial charge in [0.2, 0.25) is 17.7 Å². The predicted molar refractivity (Wildman–Crippen MR) is 378 cm³/mol. The molecule has 5 heterocycles. The summed E-state index contributed by atoms with van der Waals surface area (Å²) in [6, 6.07) is -4.82. The van der Waals surface area contributed by atoms with Crippen LogP contribution in [0, 0.1) is 0 Å². The number of unbranched alkanes of at least 4 members (excludes halogenated alkanes) is 22. The summed E-state index contributed by atoms with van der Waals surface area (Å²) in [6.45, 7) is 0.287. The minimum atomic E-state index is -3.38. The van der Waals surface area contributed by atoms with E-state index in [1.807, 2.05) is 6.08 Å². The monoisotopic (exact) mass is 1540 g/mol. The first-order valence-corrected chi connectivity index (χ1v) is 38.7. The van der Waals surface area contributed by atoms with Crippen molar-refractivity contribution in [2.75, 3.05) is 39.6 Å². The Hall–Kier alpha value is -3.68. The predicted octanol–water partition coefficient (Wildman–Crippen LogP) is -1.27. The Morgan fingerprint density at radius 2 is 0.935 bits per heavy atom. The summed E-state index contributed by atoms with van der Waals surface area (Å²) < 4.78 is 60.1. The maximum Gasteiger partial charge on any atom is 0.364 e. The summed E-state index contributed by atoms with van der Waals surface area (Å²) in [4.78, 5) is 53.0. The number of hydrogen-bond donors (Lipinski definition) is 20. The summed E-state index contributed by atoms with van der Waals surface area (Å²) in [7, 11) is 0. The van der Waals surface area contributed by atoms with E-state index in [2.05, 4.69) is 41.9 Å². The summed E-state index contributed by atoms with van der Waals surface area (Å²) >= 11 is 0. The van der Waals surface area contributed by atoms with E-state index < -0.39 is 241 Å². The minimum Gasteiger partial charge on any atom is -0.477 e. The first-order valence-electron chi connectivity index (χ1n) is 38.7. The van der Waals surface area contributed by atoms with Gasteiger partial charge in [0, 0.05) is 26.7 Å². The molecule has 622 valence electrons. The van der Waals surface area contributed by atoms with Crippen LogP contribution in [0.4, 0.5) is 0 Å². The van der Waals surface area contributed by atoms with Crippen LogP contribution in [0.1, 0.15) is 201 Å². The molecule has 0 aromatic carbocycles. The van der Waals surface area contributed by atoms with Gasteiger partial charge in [0.05, 0.1) is 63.9 Å². The number of aliphatic hydroxyl groups is 16. The Morgan fingerprint density at radius 1 is 0.486 bits per heavy atom. The van der Waals surface area contributed by atoms with Crippen LogP contribution in [0.5, 0.6) is 0 Å². The van der Waals surface area contributed by atoms with E-state index >= 15 is 0 Å². The van der Waals surface area contributed by atoms with Crippen molar-refractivity contribution < 1.29 is 153 Å². The molecule has 0 radical (unpaired) electrons. The second-order valence-electron chi connectivity index (χ2n) is 28.9. The van der Waals surface area contributed by atoms with E-state index in [4.69, 9.17) is 47.4 Å². The van der Waals surface area contributed by atoms with Gasteiger partial charge >= 0.3 is 5.97 Å². The number of carbonyl (C=O) groups excluding carboxylic acids is 3. The molecule has 0 bridgehead atoms. The van der Waals surface area contributed by atoms with Crippen LogP contribution in [-0.4, -0.2) is 321 Å². The van der Waals surface area contributed by atoms with Gasteiger partial charge in [0.25, 0.3) is 5.79 Å². The zero-order chi connectivity index (χ0) is 78.8. The molecule has 107 heavy (non-hydrogen) atoms. The molecule has 28 atom stereocenters. The second kappa shape index (κ2) is 49.7. The highest BCUT2D eigenvalue weighted by Gasteiger charge is 2.62. The minimum absolute atomic E-state index is 0.121. The molecular weight excluding hydrogens is 1410 g/mol. The molecule has 20 N–H and O–H groups in total. The lowest BCUT2D eigenvalue weighted by molar-refractivity contribution is -0.403. The largest absolute Gasteiger partial charge is 0.477 e. The van der Waals surface area contributed by atoms with Crippen molar-refractivity contribution in [1.82, 2.24) is 16.0 Å². The van der Waals surface area contributed by atoms with Crippen molar-refractivity contribution in [2.45, 2.75) is 372 Å². The van der Waals surface area contributed by atoms with Gasteiger partial charge in [-0.3, -0.25) is 14.4 Å². The lowest BCUT2D eigenvalue weighted by atomic mass is 9.88. The first-order chi connectivity index (χ1) is 51.3. The van der Waals surface area contributed by atoms with Gasteiger partial charge in [-0.15, -0.1) is 0 Å². The Morgan fingerprint density at radius 3 is 1.47 bits per heavy atom. The van der Waals surface area contributed by atoms with Crippen molar-refractivity contribution >= 4 is 23.7 Å². The Bertz CT molecular complexity index is 2550. The SMILES string of the molecule is CCCCCCCC/C=C\CCCCCCCC(=O)N[C@H](CO[C@@H]1O[C@H](CO)[C@@H](O[C@@H]2O[C@H](CO)[C@H](O[C@@H]3O[C@H](CO)[C@H](O)[C@H](O[C@@H]4O[C@H](CO)[C@H](O)[C@H](O)[C@H]4O)[C@H]3NC(C)=O)[C@H](O[C@]3(C(=O)O)C[C@H](O)[C@@H](NC(C)=O)[C@@H]([C@@H](O)[C@@H](O)CO)O3)[C@H]2O)[C@H](O)[C@H]1O)[C@@H](O)/C=C\CCCCCCCCCCCCC. The van der Waals surface area contributed by atoms with Crippen molar-refractivity contribution in [2.24, 2.45) is 0 Å². The molecule has 0 aliphatic carbocycles. The molecule has 0 saturated carbocycles. The third-order valence-electron chi connectivity index (χ3n) is 20.2. The number of aliphatic hydroxyl groups excluding tert-OH is 16. The molecule has 5 aliphatic rings. The van der Waals surface area contributed by atoms with Crippen molar-refractivity contribution in [3.63, 3.8) is 0 Å². The highest BCUT2D eigenvalue weighted by Crippen LogP contribution is 2.41. The third-order valence-corrected chi connectivity index (χ3v) is 20.2. The van der Waals surface area contributed by atoms with Crippen molar-refractivity contribution in [3.05, 3.63) is 24.3 Å². The van der Waals surface area contributed by atoms with Crippen molar-refractivity contribution in [3.8, 4) is 0 Å². The number of carboxylic acids is 1. The molecule has 5 aliphatic heterocycles. The van der Waals surface area contributed by atoms with Gasteiger partial charge in [0.1, 0.15) is 116 Å². The Kier molecular flexibility index (Phi) is 43.7. The van der Waals surface area contributed by atoms with Gasteiger partial charge in [0.15, 0.2) is 25.2 Å². The maximum absolute atomic E-state index is 13.8. The fourth-order valence-electron chi connectivity index (χ4n) is 14.0. The van der Waals surface area contributed by atoms with Crippen LogP contribution < -0.4 is 16.0 Å². The lowest BCUT2D eigenvalue weighted by Crippen LogP contribution is -2.72. The summed E-state index contributed by atoms with van der Waals surface area (Å²) in [5.41, 5.74) is 0. The molecule has 34 heteroatoms. The van der Waals surface area contributed by atoms with Gasteiger partial charge in [-0.1, -0.05) is 154 Å². The van der Waals surface area contributed by atoms with Crippen LogP contribution in [0.3, 0.4) is 0 Å². The Balaban J connectivity index is 1.40. The number of aliphatic carboxylic acids is 1. The van der Waals surface area contributed by atoms with E-state index in [0.717, 1.165) is 78.1 Å². The van der Waals surface area contributed by atoms with Gasteiger partial charge in [-0.05, 0) is 44.9 Å². The molecule has 0 aromatic rings. The average Bonchev–Trinajstić information content (AvgIpc) is 0.754. The molecule has 0 spiro atoms. The maximum atomic E-state index is 13.8. The van der Waals surface area contributed by atoms with Gasteiger partial charge < -0.3 is 150 Å². The summed E-state index contributed by atoms with van der Waals surface area (Å²) in [5, 5.41) is 197. The third kappa shape index (κ3) is 29.0. The van der Waals surface area contributed by atoms with Crippen LogP contribution in [-0.2, 0) is 66.5 Å². The molecular formula is C73H129N3O31. The summed E-state index contributed by atoms with van der Waals surface area (Å²) in [5.74, 6) is -7.72. The molecule has 0 unspecified atom stereocenters. The van der Waals surface area contributed by atoms with Crippen LogP contribution in [0.2, 0.25) is 0 Å². The summed E-state index contributed by atoms with van der Waals surface area (Å²) in [6.07, 6.45) is -15.6. The van der Waals surface area contributed by atoms with E-state index in [-0.39, 0.29) is 6.42 Å². The molecule has 3 amide bonds. The van der Waals surface area contributed by atoms with Gasteiger partial charge in [-0.25, -0.2) is 4.79 Å². The highest BCUT2D eigenvalue weighted by molar-refractivity contribution is 5.77. The molecule has 5 fully saturated rings. The van der Waals surface area contributed by atoms with Crippen LogP contribution in [0.25, 0.3) is 0 Å².